The van der Waals surface area contributed by atoms with E-state index in [1.165, 1.54) is 24.5 Å². The van der Waals surface area contributed by atoms with Gasteiger partial charge in [-0.25, -0.2) is 4.39 Å². The molecule has 19 heavy (non-hydrogen) atoms. The molecule has 0 atom stereocenters. The van der Waals surface area contributed by atoms with Crippen molar-refractivity contribution >= 4 is 0 Å². The highest BCUT2D eigenvalue weighted by Gasteiger charge is 2.04. The van der Waals surface area contributed by atoms with Gasteiger partial charge in [0.25, 0.3) is 0 Å². The first-order valence-corrected chi connectivity index (χ1v) is 6.82. The van der Waals surface area contributed by atoms with Crippen molar-refractivity contribution in [3.05, 3.63) is 59.4 Å². The maximum atomic E-state index is 13.4. The highest BCUT2D eigenvalue weighted by atomic mass is 19.1. The minimum Gasteiger partial charge on any atom is -0.326 e. The van der Waals surface area contributed by atoms with E-state index in [0.717, 1.165) is 17.5 Å². The standard InChI is InChI=1S/C17H20FN/c1-2-3-4-13-5-7-14(8-6-13)15-9-10-17(18)16(11-15)12-19/h5-11H,2-4,12,19H2,1H3. The normalized spacial score (nSPS) is 10.7. The maximum Gasteiger partial charge on any atom is 0.127 e. The number of benzene rings is 2. The summed E-state index contributed by atoms with van der Waals surface area (Å²) in [6.45, 7) is 2.43. The van der Waals surface area contributed by atoms with Crippen molar-refractivity contribution in [3.8, 4) is 11.1 Å². The van der Waals surface area contributed by atoms with Crippen molar-refractivity contribution in [2.75, 3.05) is 0 Å². The number of halogens is 1. The van der Waals surface area contributed by atoms with Gasteiger partial charge >= 0.3 is 0 Å². The zero-order valence-electron chi connectivity index (χ0n) is 11.3. The summed E-state index contributed by atoms with van der Waals surface area (Å²) >= 11 is 0. The minimum absolute atomic E-state index is 0.230. The van der Waals surface area contributed by atoms with Crippen LogP contribution in [-0.2, 0) is 13.0 Å². The number of nitrogens with two attached hydrogens (primary N) is 1. The van der Waals surface area contributed by atoms with Crippen molar-refractivity contribution < 1.29 is 4.39 Å². The monoisotopic (exact) mass is 257 g/mol. The third kappa shape index (κ3) is 3.42. The fraction of sp³-hybridized carbons (Fsp3) is 0.294. The molecule has 0 heterocycles. The summed E-state index contributed by atoms with van der Waals surface area (Å²) in [4.78, 5) is 0. The molecule has 0 amide bonds. The predicted octanol–water partition coefficient (Wildman–Crippen LogP) is 4.29. The van der Waals surface area contributed by atoms with Gasteiger partial charge in [-0.1, -0.05) is 43.7 Å². The number of hydrogen-bond donors (Lipinski definition) is 1. The molecule has 0 aromatic heterocycles. The lowest BCUT2D eigenvalue weighted by Crippen LogP contribution is -1.99. The van der Waals surface area contributed by atoms with Crippen LogP contribution in [0.25, 0.3) is 11.1 Å². The van der Waals surface area contributed by atoms with Crippen LogP contribution in [0.5, 0.6) is 0 Å². The Morgan fingerprint density at radius 2 is 1.68 bits per heavy atom. The van der Waals surface area contributed by atoms with E-state index in [-0.39, 0.29) is 12.4 Å². The van der Waals surface area contributed by atoms with Crippen LogP contribution in [0, 0.1) is 5.82 Å². The first-order valence-electron chi connectivity index (χ1n) is 6.82. The molecule has 2 rings (SSSR count). The van der Waals surface area contributed by atoms with Crippen LogP contribution in [-0.4, -0.2) is 0 Å². The van der Waals surface area contributed by atoms with Crippen molar-refractivity contribution in [1.29, 1.82) is 0 Å². The van der Waals surface area contributed by atoms with E-state index >= 15 is 0 Å². The largest absolute Gasteiger partial charge is 0.326 e. The van der Waals surface area contributed by atoms with Crippen LogP contribution >= 0.6 is 0 Å². The third-order valence-corrected chi connectivity index (χ3v) is 3.37. The highest BCUT2D eigenvalue weighted by molar-refractivity contribution is 5.64. The Morgan fingerprint density at radius 3 is 2.32 bits per heavy atom. The average molecular weight is 257 g/mol. The molecule has 0 aliphatic carbocycles. The van der Waals surface area contributed by atoms with Crippen LogP contribution in [0.3, 0.4) is 0 Å². The molecule has 0 aliphatic rings. The summed E-state index contributed by atoms with van der Waals surface area (Å²) in [7, 11) is 0. The van der Waals surface area contributed by atoms with Gasteiger partial charge in [-0.05, 0) is 41.7 Å². The van der Waals surface area contributed by atoms with Gasteiger partial charge in [0, 0.05) is 12.1 Å². The second-order valence-electron chi connectivity index (χ2n) is 4.81. The summed E-state index contributed by atoms with van der Waals surface area (Å²) in [6, 6.07) is 13.6. The fourth-order valence-electron chi connectivity index (χ4n) is 2.16. The summed E-state index contributed by atoms with van der Waals surface area (Å²) < 4.78 is 13.4. The molecule has 0 bridgehead atoms. The topological polar surface area (TPSA) is 26.0 Å². The molecule has 100 valence electrons. The molecule has 2 heteroatoms. The van der Waals surface area contributed by atoms with Gasteiger partial charge in [0.2, 0.25) is 0 Å². The smallest absolute Gasteiger partial charge is 0.127 e. The van der Waals surface area contributed by atoms with E-state index in [2.05, 4.69) is 31.2 Å². The Bertz CT molecular complexity index is 531. The molecular formula is C17H20FN. The molecule has 0 saturated heterocycles. The molecule has 2 aromatic rings. The van der Waals surface area contributed by atoms with E-state index in [1.54, 1.807) is 6.07 Å². The average Bonchev–Trinajstić information content (AvgIpc) is 2.46. The highest BCUT2D eigenvalue weighted by Crippen LogP contribution is 2.23. The molecule has 0 aliphatic heterocycles. The van der Waals surface area contributed by atoms with Crippen molar-refractivity contribution in [3.63, 3.8) is 0 Å². The summed E-state index contributed by atoms with van der Waals surface area (Å²) in [5.74, 6) is -0.231. The van der Waals surface area contributed by atoms with Crippen LogP contribution in [0.15, 0.2) is 42.5 Å². The molecule has 0 fully saturated rings. The Balaban J connectivity index is 2.22. The second kappa shape index (κ2) is 6.48. The van der Waals surface area contributed by atoms with Gasteiger partial charge in [0.15, 0.2) is 0 Å². The first-order chi connectivity index (χ1) is 9.24. The minimum atomic E-state index is -0.231. The Hall–Kier alpha value is -1.67. The SMILES string of the molecule is CCCCc1ccc(-c2ccc(F)c(CN)c2)cc1. The van der Waals surface area contributed by atoms with Gasteiger partial charge in [-0.3, -0.25) is 0 Å². The van der Waals surface area contributed by atoms with Crippen LogP contribution in [0.1, 0.15) is 30.9 Å². The third-order valence-electron chi connectivity index (χ3n) is 3.37. The lowest BCUT2D eigenvalue weighted by molar-refractivity contribution is 0.611. The van der Waals surface area contributed by atoms with Crippen LogP contribution < -0.4 is 5.73 Å². The van der Waals surface area contributed by atoms with Gasteiger partial charge in [-0.2, -0.15) is 0 Å². The van der Waals surface area contributed by atoms with E-state index in [1.807, 2.05) is 6.07 Å². The Morgan fingerprint density at radius 1 is 1.00 bits per heavy atom. The van der Waals surface area contributed by atoms with E-state index in [4.69, 9.17) is 5.73 Å². The number of unbranched alkanes of at least 4 members (excludes halogenated alkanes) is 1. The molecule has 0 unspecified atom stereocenters. The fourth-order valence-corrected chi connectivity index (χ4v) is 2.16. The zero-order chi connectivity index (χ0) is 13.7. The number of aryl methyl sites for hydroxylation is 1. The maximum absolute atomic E-state index is 13.4. The van der Waals surface area contributed by atoms with E-state index in [9.17, 15) is 4.39 Å². The molecule has 2 N–H and O–H groups in total. The van der Waals surface area contributed by atoms with Crippen LogP contribution in [0.2, 0.25) is 0 Å². The van der Waals surface area contributed by atoms with Gasteiger partial charge in [0.05, 0.1) is 0 Å². The molecular weight excluding hydrogens is 237 g/mol. The van der Waals surface area contributed by atoms with Crippen LogP contribution in [0.4, 0.5) is 4.39 Å². The van der Waals surface area contributed by atoms with Crippen molar-refractivity contribution in [2.24, 2.45) is 5.73 Å². The van der Waals surface area contributed by atoms with Gasteiger partial charge < -0.3 is 5.73 Å². The Kier molecular flexibility index (Phi) is 4.69. The molecule has 0 spiro atoms. The van der Waals surface area contributed by atoms with Crippen molar-refractivity contribution in [1.82, 2.24) is 0 Å². The van der Waals surface area contributed by atoms with E-state index < -0.39 is 0 Å². The number of rotatable bonds is 5. The molecule has 0 radical (unpaired) electrons. The number of hydrogen-bond acceptors (Lipinski definition) is 1. The summed E-state index contributed by atoms with van der Waals surface area (Å²) in [6.07, 6.45) is 3.54. The van der Waals surface area contributed by atoms with E-state index in [0.29, 0.717) is 5.56 Å². The Labute approximate surface area is 114 Å². The molecule has 0 saturated carbocycles. The second-order valence-corrected chi connectivity index (χ2v) is 4.81. The lowest BCUT2D eigenvalue weighted by Gasteiger charge is -2.07. The van der Waals surface area contributed by atoms with Crippen molar-refractivity contribution in [2.45, 2.75) is 32.7 Å². The predicted molar refractivity (Wildman–Crippen MR) is 78.3 cm³/mol. The van der Waals surface area contributed by atoms with Gasteiger partial charge in [0.1, 0.15) is 5.82 Å². The van der Waals surface area contributed by atoms with Gasteiger partial charge in [-0.15, -0.1) is 0 Å². The lowest BCUT2D eigenvalue weighted by atomic mass is 10.00. The summed E-state index contributed by atoms with van der Waals surface area (Å²) in [5.41, 5.74) is 9.58. The zero-order valence-corrected chi connectivity index (χ0v) is 11.3. The first kappa shape index (κ1) is 13.8. The molecule has 1 nitrogen and oxygen atoms in total. The quantitative estimate of drug-likeness (QED) is 0.849. The molecule has 2 aromatic carbocycles. The summed E-state index contributed by atoms with van der Waals surface area (Å²) in [5, 5.41) is 0.